The highest BCUT2D eigenvalue weighted by atomic mass is 16.5. The SMILES string of the molecule is COc1ccc(-c2ccc(Oc3cc(C)c(N)cc3C)cc2)cc1. The number of nitrogen functional groups attached to an aromatic ring is 1. The van der Waals surface area contributed by atoms with Crippen LogP contribution in [0.4, 0.5) is 5.69 Å². The second-order valence-corrected chi connectivity index (χ2v) is 5.83. The monoisotopic (exact) mass is 319 g/mol. The van der Waals surface area contributed by atoms with Crippen LogP contribution in [0.3, 0.4) is 0 Å². The van der Waals surface area contributed by atoms with Gasteiger partial charge in [-0.05, 0) is 72.5 Å². The van der Waals surface area contributed by atoms with Gasteiger partial charge in [0.2, 0.25) is 0 Å². The molecule has 0 fully saturated rings. The number of methoxy groups -OCH3 is 1. The fourth-order valence-corrected chi connectivity index (χ4v) is 2.55. The molecule has 0 aliphatic carbocycles. The fourth-order valence-electron chi connectivity index (χ4n) is 2.55. The van der Waals surface area contributed by atoms with Gasteiger partial charge < -0.3 is 15.2 Å². The van der Waals surface area contributed by atoms with Gasteiger partial charge in [-0.2, -0.15) is 0 Å². The third kappa shape index (κ3) is 3.35. The van der Waals surface area contributed by atoms with Crippen molar-refractivity contribution in [1.82, 2.24) is 0 Å². The van der Waals surface area contributed by atoms with Gasteiger partial charge >= 0.3 is 0 Å². The Kier molecular flexibility index (Phi) is 4.43. The van der Waals surface area contributed by atoms with Crippen LogP contribution in [0.25, 0.3) is 11.1 Å². The van der Waals surface area contributed by atoms with E-state index in [1.54, 1.807) is 7.11 Å². The lowest BCUT2D eigenvalue weighted by atomic mass is 10.1. The molecule has 122 valence electrons. The highest BCUT2D eigenvalue weighted by molar-refractivity contribution is 5.65. The van der Waals surface area contributed by atoms with Crippen molar-refractivity contribution >= 4 is 5.69 Å². The van der Waals surface area contributed by atoms with Crippen LogP contribution in [-0.2, 0) is 0 Å². The van der Waals surface area contributed by atoms with Gasteiger partial charge in [-0.15, -0.1) is 0 Å². The van der Waals surface area contributed by atoms with Crippen molar-refractivity contribution in [3.63, 3.8) is 0 Å². The second-order valence-electron chi connectivity index (χ2n) is 5.83. The minimum Gasteiger partial charge on any atom is -0.497 e. The normalized spacial score (nSPS) is 10.5. The number of hydrogen-bond acceptors (Lipinski definition) is 3. The smallest absolute Gasteiger partial charge is 0.130 e. The van der Waals surface area contributed by atoms with Crippen molar-refractivity contribution in [2.45, 2.75) is 13.8 Å². The lowest BCUT2D eigenvalue weighted by Gasteiger charge is -2.12. The van der Waals surface area contributed by atoms with E-state index < -0.39 is 0 Å². The van der Waals surface area contributed by atoms with Crippen LogP contribution in [0.15, 0.2) is 60.7 Å². The molecule has 0 saturated carbocycles. The summed E-state index contributed by atoms with van der Waals surface area (Å²) in [5.41, 5.74) is 11.0. The van der Waals surface area contributed by atoms with Crippen molar-refractivity contribution in [2.24, 2.45) is 0 Å². The molecule has 3 nitrogen and oxygen atoms in total. The van der Waals surface area contributed by atoms with Crippen molar-refractivity contribution in [2.75, 3.05) is 12.8 Å². The molecule has 0 unspecified atom stereocenters. The van der Waals surface area contributed by atoms with Crippen LogP contribution in [-0.4, -0.2) is 7.11 Å². The average Bonchev–Trinajstić information content (AvgIpc) is 2.60. The van der Waals surface area contributed by atoms with E-state index >= 15 is 0 Å². The summed E-state index contributed by atoms with van der Waals surface area (Å²) in [6.45, 7) is 3.98. The summed E-state index contributed by atoms with van der Waals surface area (Å²) in [6, 6.07) is 20.0. The number of nitrogens with two attached hydrogens (primary N) is 1. The molecule has 3 heteroatoms. The molecule has 3 aromatic rings. The van der Waals surface area contributed by atoms with Gasteiger partial charge in [0.1, 0.15) is 17.2 Å². The maximum Gasteiger partial charge on any atom is 0.130 e. The van der Waals surface area contributed by atoms with E-state index in [4.69, 9.17) is 15.2 Å². The molecule has 0 saturated heterocycles. The van der Waals surface area contributed by atoms with Crippen LogP contribution in [0.5, 0.6) is 17.2 Å². The molecule has 0 bridgehead atoms. The van der Waals surface area contributed by atoms with Crippen molar-refractivity contribution in [3.05, 3.63) is 71.8 Å². The molecule has 3 rings (SSSR count). The Bertz CT molecular complexity index is 837. The Hall–Kier alpha value is -2.94. The largest absolute Gasteiger partial charge is 0.497 e. The summed E-state index contributed by atoms with van der Waals surface area (Å²) < 4.78 is 11.2. The topological polar surface area (TPSA) is 44.5 Å². The average molecular weight is 319 g/mol. The zero-order valence-electron chi connectivity index (χ0n) is 14.2. The molecule has 0 spiro atoms. The number of benzene rings is 3. The van der Waals surface area contributed by atoms with E-state index in [1.165, 1.54) is 0 Å². The highest BCUT2D eigenvalue weighted by Crippen LogP contribution is 2.30. The van der Waals surface area contributed by atoms with Crippen LogP contribution in [0.2, 0.25) is 0 Å². The number of hydrogen-bond donors (Lipinski definition) is 1. The molecule has 24 heavy (non-hydrogen) atoms. The van der Waals surface area contributed by atoms with Gasteiger partial charge in [-0.3, -0.25) is 0 Å². The van der Waals surface area contributed by atoms with Crippen LogP contribution < -0.4 is 15.2 Å². The van der Waals surface area contributed by atoms with Gasteiger partial charge in [0.25, 0.3) is 0 Å². The fraction of sp³-hybridized carbons (Fsp3) is 0.143. The van der Waals surface area contributed by atoms with Crippen LogP contribution in [0.1, 0.15) is 11.1 Å². The molecule has 3 aromatic carbocycles. The summed E-state index contributed by atoms with van der Waals surface area (Å²) in [5, 5.41) is 0. The third-order valence-corrected chi connectivity index (χ3v) is 4.07. The highest BCUT2D eigenvalue weighted by Gasteiger charge is 2.06. The Balaban J connectivity index is 1.80. The number of anilines is 1. The van der Waals surface area contributed by atoms with Crippen LogP contribution in [0, 0.1) is 13.8 Å². The Morgan fingerprint density at radius 2 is 1.25 bits per heavy atom. The summed E-state index contributed by atoms with van der Waals surface area (Å²) in [7, 11) is 1.67. The van der Waals surface area contributed by atoms with Crippen LogP contribution >= 0.6 is 0 Å². The summed E-state index contributed by atoms with van der Waals surface area (Å²) >= 11 is 0. The van der Waals surface area contributed by atoms with Crippen molar-refractivity contribution < 1.29 is 9.47 Å². The van der Waals surface area contributed by atoms with E-state index in [1.807, 2.05) is 62.4 Å². The molecule has 0 aliphatic rings. The zero-order chi connectivity index (χ0) is 17.1. The summed E-state index contributed by atoms with van der Waals surface area (Å²) in [4.78, 5) is 0. The molecule has 0 aliphatic heterocycles. The molecule has 2 N–H and O–H groups in total. The number of aryl methyl sites for hydroxylation is 2. The quantitative estimate of drug-likeness (QED) is 0.659. The van der Waals surface area contributed by atoms with Crippen molar-refractivity contribution in [1.29, 1.82) is 0 Å². The third-order valence-electron chi connectivity index (χ3n) is 4.07. The molecule has 0 atom stereocenters. The number of rotatable bonds is 4. The van der Waals surface area contributed by atoms with Crippen molar-refractivity contribution in [3.8, 4) is 28.4 Å². The van der Waals surface area contributed by atoms with E-state index in [0.717, 1.165) is 45.2 Å². The molecular formula is C21H21NO2. The van der Waals surface area contributed by atoms with Gasteiger partial charge in [0.15, 0.2) is 0 Å². The summed E-state index contributed by atoms with van der Waals surface area (Å²) in [5.74, 6) is 2.49. The lowest BCUT2D eigenvalue weighted by molar-refractivity contribution is 0.415. The first-order valence-corrected chi connectivity index (χ1v) is 7.86. The first kappa shape index (κ1) is 15.9. The second kappa shape index (κ2) is 6.67. The minimum atomic E-state index is 0.787. The molecule has 0 amide bonds. The van der Waals surface area contributed by atoms with E-state index in [-0.39, 0.29) is 0 Å². The molecule has 0 aromatic heterocycles. The lowest BCUT2D eigenvalue weighted by Crippen LogP contribution is -1.94. The molecular weight excluding hydrogens is 298 g/mol. The maximum absolute atomic E-state index is 6.00. The van der Waals surface area contributed by atoms with Gasteiger partial charge in [-0.25, -0.2) is 0 Å². The van der Waals surface area contributed by atoms with E-state index in [0.29, 0.717) is 0 Å². The Morgan fingerprint density at radius 3 is 1.79 bits per heavy atom. The Labute approximate surface area is 142 Å². The summed E-state index contributed by atoms with van der Waals surface area (Å²) in [6.07, 6.45) is 0. The molecule has 0 radical (unpaired) electrons. The number of ether oxygens (including phenoxy) is 2. The zero-order valence-corrected chi connectivity index (χ0v) is 14.2. The standard InChI is InChI=1S/C21H21NO2/c1-14-13-21(15(2)12-20(14)22)24-19-10-6-17(7-11-19)16-4-8-18(23-3)9-5-16/h4-13H,22H2,1-3H3. The van der Waals surface area contributed by atoms with Gasteiger partial charge in [0, 0.05) is 5.69 Å². The predicted molar refractivity (Wildman–Crippen MR) is 98.8 cm³/mol. The predicted octanol–water partition coefficient (Wildman–Crippen LogP) is 5.35. The van der Waals surface area contributed by atoms with Gasteiger partial charge in [0.05, 0.1) is 7.11 Å². The molecule has 0 heterocycles. The van der Waals surface area contributed by atoms with E-state index in [9.17, 15) is 0 Å². The minimum absolute atomic E-state index is 0.787. The van der Waals surface area contributed by atoms with Gasteiger partial charge in [-0.1, -0.05) is 24.3 Å². The maximum atomic E-state index is 6.00. The first-order valence-electron chi connectivity index (χ1n) is 7.86. The van der Waals surface area contributed by atoms with E-state index in [2.05, 4.69) is 12.1 Å². The Morgan fingerprint density at radius 1 is 0.708 bits per heavy atom. The first-order chi connectivity index (χ1) is 11.6.